The molecule has 0 bridgehead atoms. The van der Waals surface area contributed by atoms with Crippen LogP contribution in [0.4, 0.5) is 0 Å². The Morgan fingerprint density at radius 3 is 1.74 bits per heavy atom. The first-order valence-electron chi connectivity index (χ1n) is 17.3. The minimum atomic E-state index is -1.04. The molecule has 0 saturated heterocycles. The number of amides is 2. The third-order valence-corrected chi connectivity index (χ3v) is 8.54. The van der Waals surface area contributed by atoms with Gasteiger partial charge in [0, 0.05) is 23.8 Å². The first-order chi connectivity index (χ1) is 23.5. The number of thiol groups is 1. The predicted molar refractivity (Wildman–Crippen MR) is 199 cm³/mol. The summed E-state index contributed by atoms with van der Waals surface area (Å²) in [4.78, 5) is 40.8. The lowest BCUT2D eigenvalue weighted by atomic mass is 9.76. The molecule has 1 aromatic rings. The SMILES string of the molecule is CN[C@H](C(=O)N[C@H](C(=O)N(C)[C@H](C=C(C)C(=O)O)C(C)C)C(C)(C)C)C(C)(C)c1ccc(OCCOCCOCCOCCOCCS)cc1. The van der Waals surface area contributed by atoms with Crippen molar-refractivity contribution < 1.29 is 43.2 Å². The van der Waals surface area contributed by atoms with Crippen LogP contribution in [0.3, 0.4) is 0 Å². The fourth-order valence-electron chi connectivity index (χ4n) is 5.32. The highest BCUT2D eigenvalue weighted by Crippen LogP contribution is 2.30. The number of benzene rings is 1. The lowest BCUT2D eigenvalue weighted by molar-refractivity contribution is -0.141. The smallest absolute Gasteiger partial charge is 0.331 e. The van der Waals surface area contributed by atoms with Gasteiger partial charge in [-0.3, -0.25) is 9.59 Å². The van der Waals surface area contributed by atoms with E-state index in [-0.39, 0.29) is 23.3 Å². The van der Waals surface area contributed by atoms with E-state index in [1.165, 1.54) is 11.8 Å². The highest BCUT2D eigenvalue weighted by atomic mass is 32.1. The van der Waals surface area contributed by atoms with Crippen molar-refractivity contribution in [3.8, 4) is 5.75 Å². The molecule has 0 unspecified atom stereocenters. The molecule has 50 heavy (non-hydrogen) atoms. The Labute approximate surface area is 305 Å². The van der Waals surface area contributed by atoms with E-state index in [0.717, 1.165) is 5.56 Å². The summed E-state index contributed by atoms with van der Waals surface area (Å²) >= 11 is 4.08. The molecule has 3 N–H and O–H groups in total. The number of carbonyl (C=O) groups is 3. The summed E-state index contributed by atoms with van der Waals surface area (Å²) in [7, 11) is 3.37. The van der Waals surface area contributed by atoms with Crippen LogP contribution in [0.25, 0.3) is 0 Å². The number of nitrogens with one attached hydrogen (secondary N) is 2. The minimum Gasteiger partial charge on any atom is -0.491 e. The van der Waals surface area contributed by atoms with Crippen molar-refractivity contribution in [2.45, 2.75) is 78.9 Å². The Bertz CT molecular complexity index is 1190. The minimum absolute atomic E-state index is 0.0480. The zero-order valence-electron chi connectivity index (χ0n) is 31.9. The summed E-state index contributed by atoms with van der Waals surface area (Å²) in [5.41, 5.74) is -0.220. The van der Waals surface area contributed by atoms with E-state index in [9.17, 15) is 19.5 Å². The number of carboxylic acid groups (broad SMARTS) is 1. The first kappa shape index (κ1) is 45.3. The van der Waals surface area contributed by atoms with E-state index in [4.69, 9.17) is 23.7 Å². The van der Waals surface area contributed by atoms with Crippen molar-refractivity contribution in [1.29, 1.82) is 0 Å². The summed E-state index contributed by atoms with van der Waals surface area (Å²) in [6.45, 7) is 19.4. The Kier molecular flexibility index (Phi) is 20.9. The Morgan fingerprint density at radius 1 is 0.840 bits per heavy atom. The molecule has 2 amide bonds. The van der Waals surface area contributed by atoms with E-state index in [0.29, 0.717) is 71.0 Å². The van der Waals surface area contributed by atoms with Gasteiger partial charge in [0.2, 0.25) is 11.8 Å². The van der Waals surface area contributed by atoms with Crippen LogP contribution in [-0.4, -0.2) is 125 Å². The fourth-order valence-corrected chi connectivity index (χ4v) is 5.44. The second kappa shape index (κ2) is 23.0. The van der Waals surface area contributed by atoms with Gasteiger partial charge in [-0.2, -0.15) is 12.6 Å². The van der Waals surface area contributed by atoms with Crippen LogP contribution in [0, 0.1) is 11.3 Å². The van der Waals surface area contributed by atoms with Crippen LogP contribution in [0.15, 0.2) is 35.9 Å². The topological polar surface area (TPSA) is 145 Å². The molecule has 0 aliphatic carbocycles. The standard InChI is InChI=1S/C37H63N3O9S/c1-26(2)30(25-27(3)35(43)44)40(10)34(42)32(36(4,5)6)39-33(41)31(38-9)37(7,8)28-11-13-29(14-12-28)49-22-21-47-18-17-45-15-16-46-19-20-48-23-24-50/h11-14,25-26,30-32,38,50H,15-24H2,1-10H3,(H,39,41)(H,43,44)/t30-,31-,32-/m1/s1. The van der Waals surface area contributed by atoms with Crippen LogP contribution >= 0.6 is 12.6 Å². The first-order valence-corrected chi connectivity index (χ1v) is 17.9. The number of ether oxygens (including phenoxy) is 5. The molecule has 12 nitrogen and oxygen atoms in total. The zero-order chi connectivity index (χ0) is 37.9. The number of rotatable bonds is 25. The quantitative estimate of drug-likeness (QED) is 0.0664. The molecule has 13 heteroatoms. The Hall–Kier alpha value is -2.68. The van der Waals surface area contributed by atoms with Crippen molar-refractivity contribution in [2.24, 2.45) is 11.3 Å². The van der Waals surface area contributed by atoms with Gasteiger partial charge < -0.3 is 44.3 Å². The number of aliphatic carboxylic acids is 1. The third-order valence-electron chi connectivity index (χ3n) is 8.35. The number of hydrogen-bond donors (Lipinski definition) is 4. The van der Waals surface area contributed by atoms with Gasteiger partial charge in [0.25, 0.3) is 0 Å². The molecular weight excluding hydrogens is 662 g/mol. The summed E-state index contributed by atoms with van der Waals surface area (Å²) in [5, 5.41) is 15.6. The summed E-state index contributed by atoms with van der Waals surface area (Å²) < 4.78 is 27.6. The average molecular weight is 726 g/mol. The molecule has 1 aromatic carbocycles. The van der Waals surface area contributed by atoms with Gasteiger partial charge in [-0.1, -0.05) is 66.7 Å². The lowest BCUT2D eigenvalue weighted by Gasteiger charge is -2.40. The van der Waals surface area contributed by atoms with Gasteiger partial charge in [0.05, 0.1) is 64.9 Å². The molecule has 286 valence electrons. The van der Waals surface area contributed by atoms with Crippen LogP contribution in [0.2, 0.25) is 0 Å². The number of hydrogen-bond acceptors (Lipinski definition) is 10. The molecule has 0 aromatic heterocycles. The maximum absolute atomic E-state index is 13.9. The molecular formula is C37H63N3O9S. The normalized spacial score (nSPS) is 14.3. The second-order valence-corrected chi connectivity index (χ2v) is 14.6. The monoisotopic (exact) mass is 725 g/mol. The number of carboxylic acids is 1. The molecule has 1 rings (SSSR count). The maximum atomic E-state index is 13.9. The predicted octanol–water partition coefficient (Wildman–Crippen LogP) is 3.97. The van der Waals surface area contributed by atoms with Crippen molar-refractivity contribution >= 4 is 30.4 Å². The van der Waals surface area contributed by atoms with Crippen molar-refractivity contribution in [3.63, 3.8) is 0 Å². The summed E-state index contributed by atoms with van der Waals surface area (Å²) in [5.74, 6) is -0.326. The average Bonchev–Trinajstić information content (AvgIpc) is 3.05. The molecule has 0 radical (unpaired) electrons. The van der Waals surface area contributed by atoms with Crippen molar-refractivity contribution in [2.75, 3.05) is 79.3 Å². The van der Waals surface area contributed by atoms with Gasteiger partial charge in [-0.05, 0) is 43.0 Å². The van der Waals surface area contributed by atoms with Gasteiger partial charge >= 0.3 is 5.97 Å². The highest BCUT2D eigenvalue weighted by molar-refractivity contribution is 7.80. The fraction of sp³-hybridized carbons (Fsp3) is 0.703. The largest absolute Gasteiger partial charge is 0.491 e. The van der Waals surface area contributed by atoms with Crippen molar-refractivity contribution in [1.82, 2.24) is 15.5 Å². The number of nitrogens with zero attached hydrogens (tertiary/aromatic N) is 1. The molecule has 3 atom stereocenters. The molecule has 0 aliphatic heterocycles. The summed E-state index contributed by atoms with van der Waals surface area (Å²) in [6, 6.07) is 5.59. The van der Waals surface area contributed by atoms with Crippen LogP contribution in [0.5, 0.6) is 5.75 Å². The van der Waals surface area contributed by atoms with E-state index >= 15 is 0 Å². The Morgan fingerprint density at radius 2 is 1.32 bits per heavy atom. The maximum Gasteiger partial charge on any atom is 0.331 e. The van der Waals surface area contributed by atoms with E-state index in [1.807, 2.05) is 72.7 Å². The highest BCUT2D eigenvalue weighted by Gasteiger charge is 2.41. The molecule has 0 aliphatic rings. The van der Waals surface area contributed by atoms with Gasteiger partial charge in [-0.25, -0.2) is 4.79 Å². The number of carbonyl (C=O) groups excluding carboxylic acids is 2. The van der Waals surface area contributed by atoms with Gasteiger partial charge in [0.15, 0.2) is 0 Å². The van der Waals surface area contributed by atoms with Crippen LogP contribution < -0.4 is 15.4 Å². The van der Waals surface area contributed by atoms with E-state index < -0.39 is 34.9 Å². The number of likely N-dealkylation sites (N-methyl/N-ethyl adjacent to an activating group) is 2. The third kappa shape index (κ3) is 15.7. The molecule has 0 spiro atoms. The molecule has 0 fully saturated rings. The van der Waals surface area contributed by atoms with Crippen molar-refractivity contribution in [3.05, 3.63) is 41.5 Å². The second-order valence-electron chi connectivity index (χ2n) is 14.1. The van der Waals surface area contributed by atoms with Gasteiger partial charge in [0.1, 0.15) is 18.4 Å². The lowest BCUT2D eigenvalue weighted by Crippen LogP contribution is -2.61. The molecule has 0 saturated carbocycles. The van der Waals surface area contributed by atoms with E-state index in [1.54, 1.807) is 20.2 Å². The van der Waals surface area contributed by atoms with Gasteiger partial charge in [-0.15, -0.1) is 0 Å². The van der Waals surface area contributed by atoms with Crippen LogP contribution in [-0.2, 0) is 38.7 Å². The molecule has 0 heterocycles. The summed E-state index contributed by atoms with van der Waals surface area (Å²) in [6.07, 6.45) is 1.59. The Balaban J connectivity index is 2.75. The van der Waals surface area contributed by atoms with E-state index in [2.05, 4.69) is 23.3 Å². The zero-order valence-corrected chi connectivity index (χ0v) is 32.8. The van der Waals surface area contributed by atoms with Crippen LogP contribution in [0.1, 0.15) is 61.0 Å².